The maximum absolute atomic E-state index is 12.7. The van der Waals surface area contributed by atoms with Crippen molar-refractivity contribution in [1.29, 1.82) is 0 Å². The smallest absolute Gasteiger partial charge is 0.261 e. The maximum Gasteiger partial charge on any atom is 0.261 e. The number of anilines is 1. The number of hydrogen-bond acceptors (Lipinski definition) is 7. The van der Waals surface area contributed by atoms with Crippen LogP contribution in [0.3, 0.4) is 0 Å². The number of hydrogen-bond donors (Lipinski definition) is 2. The van der Waals surface area contributed by atoms with Crippen molar-refractivity contribution >= 4 is 34.8 Å². The van der Waals surface area contributed by atoms with Gasteiger partial charge < -0.3 is 19.9 Å². The number of aromatic nitrogens is 1. The average molecular weight is 400 g/mol. The Morgan fingerprint density at radius 3 is 2.50 bits per heavy atom. The Hall–Kier alpha value is -2.03. The number of carbonyl (C=O) groups excluding carboxylic acids is 1. The molecule has 0 spiro atoms. The van der Waals surface area contributed by atoms with Crippen molar-refractivity contribution < 1.29 is 19.0 Å². The normalized spacial score (nSPS) is 15.5. The van der Waals surface area contributed by atoms with Crippen LogP contribution in [-0.4, -0.2) is 38.3 Å². The fourth-order valence-corrected chi connectivity index (χ4v) is 3.92. The second kappa shape index (κ2) is 8.57. The van der Waals surface area contributed by atoms with E-state index in [1.807, 2.05) is 0 Å². The molecule has 3 rings (SSSR count). The van der Waals surface area contributed by atoms with Gasteiger partial charge in [-0.1, -0.05) is 0 Å². The number of fused-ring (bicyclic) bond motifs is 1. The highest BCUT2D eigenvalue weighted by atomic mass is 35.5. The number of nitrogens with one attached hydrogen (secondary N) is 1. The summed E-state index contributed by atoms with van der Waals surface area (Å²) in [7, 11) is 4.55. The minimum Gasteiger partial charge on any atom is -0.496 e. The molecule has 2 aromatic rings. The number of amides is 1. The van der Waals surface area contributed by atoms with E-state index in [4.69, 9.17) is 19.9 Å². The maximum atomic E-state index is 12.7. The predicted molar refractivity (Wildman–Crippen MR) is 103 cm³/mol. The molecule has 1 aliphatic rings. The van der Waals surface area contributed by atoms with Gasteiger partial charge in [0.15, 0.2) is 16.6 Å². The van der Waals surface area contributed by atoms with Gasteiger partial charge in [-0.15, -0.1) is 23.7 Å². The van der Waals surface area contributed by atoms with Crippen LogP contribution in [0.1, 0.15) is 27.3 Å². The number of rotatable bonds is 5. The SMILES string of the molecule is COc1cc(OC)c(C(=O)Nc2nc3c(s2)C[C@@H](N)CC3)cc1OC.Cl. The molecule has 0 saturated heterocycles. The molecule has 26 heavy (non-hydrogen) atoms. The lowest BCUT2D eigenvalue weighted by Crippen LogP contribution is -2.27. The molecule has 1 aromatic carbocycles. The van der Waals surface area contributed by atoms with Gasteiger partial charge in [-0.05, 0) is 19.3 Å². The Labute approximate surface area is 162 Å². The summed E-state index contributed by atoms with van der Waals surface area (Å²) in [6.07, 6.45) is 2.58. The van der Waals surface area contributed by atoms with E-state index in [1.54, 1.807) is 12.1 Å². The Balaban J connectivity index is 0.00000243. The van der Waals surface area contributed by atoms with Crippen molar-refractivity contribution in [2.45, 2.75) is 25.3 Å². The van der Waals surface area contributed by atoms with E-state index in [0.29, 0.717) is 27.9 Å². The first kappa shape index (κ1) is 20.3. The molecule has 1 aromatic heterocycles. The summed E-state index contributed by atoms with van der Waals surface area (Å²) in [6, 6.07) is 3.39. The Kier molecular flexibility index (Phi) is 6.69. The van der Waals surface area contributed by atoms with Gasteiger partial charge in [0, 0.05) is 23.1 Å². The molecular formula is C17H22ClN3O4S. The van der Waals surface area contributed by atoms with Crippen molar-refractivity contribution in [2.24, 2.45) is 5.73 Å². The summed E-state index contributed by atoms with van der Waals surface area (Å²) in [4.78, 5) is 18.4. The topological polar surface area (TPSA) is 95.7 Å². The molecule has 0 radical (unpaired) electrons. The molecule has 1 amide bonds. The van der Waals surface area contributed by atoms with Gasteiger partial charge in [0.2, 0.25) is 0 Å². The van der Waals surface area contributed by atoms with E-state index in [9.17, 15) is 4.79 Å². The lowest BCUT2D eigenvalue weighted by atomic mass is 9.99. The highest BCUT2D eigenvalue weighted by Crippen LogP contribution is 2.35. The minimum absolute atomic E-state index is 0. The summed E-state index contributed by atoms with van der Waals surface area (Å²) in [5.74, 6) is 1.04. The average Bonchev–Trinajstić information content (AvgIpc) is 3.01. The van der Waals surface area contributed by atoms with Crippen LogP contribution in [0.2, 0.25) is 0 Å². The van der Waals surface area contributed by atoms with Crippen molar-refractivity contribution in [1.82, 2.24) is 4.98 Å². The van der Waals surface area contributed by atoms with E-state index in [1.165, 1.54) is 32.7 Å². The second-order valence-electron chi connectivity index (χ2n) is 5.75. The molecule has 0 fully saturated rings. The van der Waals surface area contributed by atoms with Crippen LogP contribution in [-0.2, 0) is 12.8 Å². The molecule has 3 N–H and O–H groups in total. The highest BCUT2D eigenvalue weighted by Gasteiger charge is 2.23. The van der Waals surface area contributed by atoms with Crippen LogP contribution >= 0.6 is 23.7 Å². The van der Waals surface area contributed by atoms with Crippen LogP contribution in [0.25, 0.3) is 0 Å². The van der Waals surface area contributed by atoms with Gasteiger partial charge in [-0.3, -0.25) is 10.1 Å². The molecule has 1 heterocycles. The zero-order chi connectivity index (χ0) is 18.0. The van der Waals surface area contributed by atoms with Crippen LogP contribution in [0.5, 0.6) is 17.2 Å². The zero-order valence-corrected chi connectivity index (χ0v) is 16.5. The minimum atomic E-state index is -0.312. The third kappa shape index (κ3) is 4.03. The molecule has 0 unspecified atom stereocenters. The van der Waals surface area contributed by atoms with Crippen LogP contribution in [0, 0.1) is 0 Å². The molecule has 142 valence electrons. The van der Waals surface area contributed by atoms with Gasteiger partial charge in [0.05, 0.1) is 32.6 Å². The molecular weight excluding hydrogens is 378 g/mol. The largest absolute Gasteiger partial charge is 0.496 e. The Morgan fingerprint density at radius 1 is 1.19 bits per heavy atom. The molecule has 0 saturated carbocycles. The molecule has 7 nitrogen and oxygen atoms in total. The first-order valence-corrected chi connectivity index (χ1v) is 8.72. The third-order valence-corrected chi connectivity index (χ3v) is 5.18. The number of ether oxygens (including phenoxy) is 3. The van der Waals surface area contributed by atoms with Gasteiger partial charge in [0.25, 0.3) is 5.91 Å². The zero-order valence-electron chi connectivity index (χ0n) is 14.8. The number of thiazole rings is 1. The molecule has 9 heteroatoms. The lowest BCUT2D eigenvalue weighted by molar-refractivity contribution is 0.102. The van der Waals surface area contributed by atoms with Crippen LogP contribution < -0.4 is 25.3 Å². The summed E-state index contributed by atoms with van der Waals surface area (Å²) >= 11 is 1.47. The quantitative estimate of drug-likeness (QED) is 0.802. The summed E-state index contributed by atoms with van der Waals surface area (Å²) in [6.45, 7) is 0. The van der Waals surface area contributed by atoms with E-state index >= 15 is 0 Å². The van der Waals surface area contributed by atoms with Crippen molar-refractivity contribution in [2.75, 3.05) is 26.6 Å². The monoisotopic (exact) mass is 399 g/mol. The first-order chi connectivity index (χ1) is 12.0. The van der Waals surface area contributed by atoms with Crippen LogP contribution in [0.15, 0.2) is 12.1 Å². The van der Waals surface area contributed by atoms with E-state index < -0.39 is 0 Å². The summed E-state index contributed by atoms with van der Waals surface area (Å²) in [5, 5.41) is 3.42. The van der Waals surface area contributed by atoms with Crippen molar-refractivity contribution in [3.8, 4) is 17.2 Å². The lowest BCUT2D eigenvalue weighted by Gasteiger charge is -2.15. The standard InChI is InChI=1S/C17H21N3O4S.ClH/c1-22-12-8-14(24-3)13(23-2)7-10(12)16(21)20-17-19-11-5-4-9(18)6-15(11)25-17;/h7-9H,4-6,18H2,1-3H3,(H,19,20,21);1H/t9-;/m0./s1. The summed E-state index contributed by atoms with van der Waals surface area (Å²) < 4.78 is 15.8. The fourth-order valence-electron chi connectivity index (χ4n) is 2.83. The molecule has 1 aliphatic carbocycles. The molecule has 0 aliphatic heterocycles. The predicted octanol–water partition coefficient (Wildman–Crippen LogP) is 2.66. The van der Waals surface area contributed by atoms with Crippen LogP contribution in [0.4, 0.5) is 5.13 Å². The second-order valence-corrected chi connectivity index (χ2v) is 6.84. The van der Waals surface area contributed by atoms with Gasteiger partial charge >= 0.3 is 0 Å². The Morgan fingerprint density at radius 2 is 1.85 bits per heavy atom. The number of nitrogens with two attached hydrogens (primary N) is 1. The number of nitrogens with zero attached hydrogens (tertiary/aromatic N) is 1. The third-order valence-electron chi connectivity index (χ3n) is 4.15. The number of halogens is 1. The van der Waals surface area contributed by atoms with E-state index in [0.717, 1.165) is 29.8 Å². The first-order valence-electron chi connectivity index (χ1n) is 7.91. The number of benzene rings is 1. The summed E-state index contributed by atoms with van der Waals surface area (Å²) in [5.41, 5.74) is 7.38. The molecule has 1 atom stereocenters. The molecule has 0 bridgehead atoms. The fraction of sp³-hybridized carbons (Fsp3) is 0.412. The Bertz CT molecular complexity index is 797. The highest BCUT2D eigenvalue weighted by molar-refractivity contribution is 7.15. The number of methoxy groups -OCH3 is 3. The van der Waals surface area contributed by atoms with Gasteiger partial charge in [0.1, 0.15) is 5.75 Å². The van der Waals surface area contributed by atoms with Gasteiger partial charge in [-0.2, -0.15) is 0 Å². The van der Waals surface area contributed by atoms with E-state index in [-0.39, 0.29) is 24.4 Å². The number of carbonyl (C=O) groups is 1. The van der Waals surface area contributed by atoms with Crippen molar-refractivity contribution in [3.05, 3.63) is 28.3 Å². The van der Waals surface area contributed by atoms with Crippen molar-refractivity contribution in [3.63, 3.8) is 0 Å². The number of aryl methyl sites for hydroxylation is 1. The van der Waals surface area contributed by atoms with Gasteiger partial charge in [-0.25, -0.2) is 4.98 Å². The van der Waals surface area contributed by atoms with E-state index in [2.05, 4.69) is 10.3 Å².